The highest BCUT2D eigenvalue weighted by molar-refractivity contribution is 7.92. The van der Waals surface area contributed by atoms with Crippen LogP contribution in [0.15, 0.2) is 36.4 Å². The summed E-state index contributed by atoms with van der Waals surface area (Å²) in [6, 6.07) is 6.26. The Hall–Kier alpha value is -3.34. The molecule has 0 aromatic heterocycles. The van der Waals surface area contributed by atoms with E-state index in [9.17, 15) is 22.4 Å². The third-order valence-electron chi connectivity index (χ3n) is 4.60. The highest BCUT2D eigenvalue weighted by Crippen LogP contribution is 2.34. The van der Waals surface area contributed by atoms with Gasteiger partial charge < -0.3 is 19.5 Å². The van der Waals surface area contributed by atoms with Crippen molar-refractivity contribution in [1.29, 1.82) is 0 Å². The molecule has 0 fully saturated rings. The lowest BCUT2D eigenvalue weighted by molar-refractivity contribution is -0.117. The molecule has 0 aliphatic rings. The van der Waals surface area contributed by atoms with Gasteiger partial charge in [0.2, 0.25) is 15.9 Å². The maximum absolute atomic E-state index is 13.3. The second kappa shape index (κ2) is 10.3. The molecule has 0 bridgehead atoms. The van der Waals surface area contributed by atoms with Gasteiger partial charge in [0.1, 0.15) is 11.9 Å². The number of anilines is 2. The second-order valence-corrected chi connectivity index (χ2v) is 8.55. The van der Waals surface area contributed by atoms with Gasteiger partial charge >= 0.3 is 5.97 Å². The minimum atomic E-state index is -3.92. The molecule has 0 heterocycles. The molecule has 1 atom stereocenters. The molecule has 2 aromatic carbocycles. The number of hydrogen-bond acceptors (Lipinski definition) is 7. The van der Waals surface area contributed by atoms with Crippen molar-refractivity contribution in [2.24, 2.45) is 0 Å². The summed E-state index contributed by atoms with van der Waals surface area (Å²) in [6.07, 6.45) is 1.04. The second-order valence-electron chi connectivity index (χ2n) is 6.69. The van der Waals surface area contributed by atoms with Gasteiger partial charge in [0.25, 0.3) is 0 Å². The van der Waals surface area contributed by atoms with Crippen LogP contribution in [0.2, 0.25) is 0 Å². The molecule has 0 radical (unpaired) electrons. The average molecular weight is 469 g/mol. The van der Waals surface area contributed by atoms with Gasteiger partial charge in [-0.25, -0.2) is 17.6 Å². The number of methoxy groups -OCH3 is 3. The van der Waals surface area contributed by atoms with Crippen molar-refractivity contribution in [2.75, 3.05) is 37.2 Å². The van der Waals surface area contributed by atoms with Crippen LogP contribution < -0.4 is 19.1 Å². The fourth-order valence-electron chi connectivity index (χ4n) is 3.13. The summed E-state index contributed by atoms with van der Waals surface area (Å²) in [5.41, 5.74) is 0.156. The Morgan fingerprint density at radius 2 is 1.62 bits per heavy atom. The van der Waals surface area contributed by atoms with Crippen molar-refractivity contribution in [3.63, 3.8) is 0 Å². The van der Waals surface area contributed by atoms with E-state index in [1.165, 1.54) is 45.6 Å². The highest BCUT2D eigenvalue weighted by Gasteiger charge is 2.32. The summed E-state index contributed by atoms with van der Waals surface area (Å²) in [6.45, 7) is 1.63. The predicted octanol–water partition coefficient (Wildman–Crippen LogP) is 2.81. The number of ether oxygens (including phenoxy) is 3. The number of rotatable bonds is 9. The molecule has 0 aliphatic heterocycles. The molecular formula is C21H25FN2O7S. The summed E-state index contributed by atoms with van der Waals surface area (Å²) in [5.74, 6) is -1.52. The highest BCUT2D eigenvalue weighted by atomic mass is 32.2. The van der Waals surface area contributed by atoms with Gasteiger partial charge in [0.15, 0.2) is 11.5 Å². The van der Waals surface area contributed by atoms with Gasteiger partial charge in [0.05, 0.1) is 44.5 Å². The minimum Gasteiger partial charge on any atom is -0.493 e. The van der Waals surface area contributed by atoms with E-state index < -0.39 is 33.8 Å². The van der Waals surface area contributed by atoms with Crippen molar-refractivity contribution in [3.8, 4) is 11.5 Å². The quantitative estimate of drug-likeness (QED) is 0.563. The fourth-order valence-corrected chi connectivity index (χ4v) is 4.34. The zero-order valence-electron chi connectivity index (χ0n) is 18.3. The van der Waals surface area contributed by atoms with Gasteiger partial charge in [-0.15, -0.1) is 0 Å². The summed E-state index contributed by atoms with van der Waals surface area (Å²) < 4.78 is 54.5. The fraction of sp³-hybridized carbons (Fsp3) is 0.333. The molecule has 1 N–H and O–H groups in total. The Morgan fingerprint density at radius 1 is 1.06 bits per heavy atom. The normalized spacial score (nSPS) is 11.9. The van der Waals surface area contributed by atoms with E-state index in [2.05, 4.69) is 5.32 Å². The molecule has 2 rings (SSSR count). The summed E-state index contributed by atoms with van der Waals surface area (Å²) in [4.78, 5) is 25.4. The van der Waals surface area contributed by atoms with Crippen LogP contribution in [-0.2, 0) is 19.6 Å². The smallest absolute Gasteiger partial charge is 0.340 e. The molecule has 0 saturated carbocycles. The molecule has 2 aromatic rings. The molecular weight excluding hydrogens is 443 g/mol. The lowest BCUT2D eigenvalue weighted by Crippen LogP contribution is -2.47. The topological polar surface area (TPSA) is 111 Å². The van der Waals surface area contributed by atoms with E-state index in [4.69, 9.17) is 14.2 Å². The Kier molecular flexibility index (Phi) is 8.03. The molecule has 0 aliphatic carbocycles. The first-order valence-electron chi connectivity index (χ1n) is 9.47. The molecule has 1 unspecified atom stereocenters. The number of nitrogens with zero attached hydrogens (tertiary/aromatic N) is 1. The zero-order valence-corrected chi connectivity index (χ0v) is 19.2. The monoisotopic (exact) mass is 468 g/mol. The van der Waals surface area contributed by atoms with Crippen molar-refractivity contribution in [2.45, 2.75) is 19.4 Å². The van der Waals surface area contributed by atoms with E-state index in [1.807, 2.05) is 0 Å². The van der Waals surface area contributed by atoms with Crippen LogP contribution in [0.25, 0.3) is 0 Å². The van der Waals surface area contributed by atoms with Crippen molar-refractivity contribution >= 4 is 33.3 Å². The van der Waals surface area contributed by atoms with Gasteiger partial charge in [-0.05, 0) is 30.7 Å². The van der Waals surface area contributed by atoms with Crippen LogP contribution in [0.5, 0.6) is 11.5 Å². The zero-order chi connectivity index (χ0) is 24.1. The molecule has 32 heavy (non-hydrogen) atoms. The third kappa shape index (κ3) is 5.47. The number of esters is 1. The van der Waals surface area contributed by atoms with Gasteiger partial charge in [0, 0.05) is 12.1 Å². The summed E-state index contributed by atoms with van der Waals surface area (Å²) in [5, 5.41) is 2.58. The standard InChI is InChI=1S/C21H25FN2O7S/c1-6-17(24(32(5,27)28)14-9-7-13(22)8-10-14)20(25)23-16-12-19(30-3)18(29-2)11-15(16)21(26)31-4/h7-12,17H,6H2,1-5H3,(H,23,25). The number of sulfonamides is 1. The number of carbonyl (C=O) groups excluding carboxylic acids is 2. The maximum atomic E-state index is 13.3. The number of halogens is 1. The van der Waals surface area contributed by atoms with E-state index in [-0.39, 0.29) is 34.9 Å². The van der Waals surface area contributed by atoms with Gasteiger partial charge in [-0.3, -0.25) is 9.10 Å². The lowest BCUT2D eigenvalue weighted by Gasteiger charge is -2.30. The number of benzene rings is 2. The third-order valence-corrected chi connectivity index (χ3v) is 5.78. The molecule has 9 nitrogen and oxygen atoms in total. The molecule has 11 heteroatoms. The number of hydrogen-bond donors (Lipinski definition) is 1. The van der Waals surface area contributed by atoms with Crippen LogP contribution in [0, 0.1) is 5.82 Å². The number of nitrogens with one attached hydrogen (secondary N) is 1. The maximum Gasteiger partial charge on any atom is 0.340 e. The lowest BCUT2D eigenvalue weighted by atomic mass is 10.1. The Labute approximate surface area is 186 Å². The number of carbonyl (C=O) groups is 2. The minimum absolute atomic E-state index is 0.0129. The predicted molar refractivity (Wildman–Crippen MR) is 117 cm³/mol. The Balaban J connectivity index is 2.52. The van der Waals surface area contributed by atoms with Crippen LogP contribution in [0.4, 0.5) is 15.8 Å². The summed E-state index contributed by atoms with van der Waals surface area (Å²) in [7, 11) is 0.0305. The first kappa shape index (κ1) is 24.9. The Bertz CT molecular complexity index is 1090. The first-order valence-corrected chi connectivity index (χ1v) is 11.3. The largest absolute Gasteiger partial charge is 0.493 e. The summed E-state index contributed by atoms with van der Waals surface area (Å²) >= 11 is 0. The average Bonchev–Trinajstić information content (AvgIpc) is 2.76. The van der Waals surface area contributed by atoms with E-state index in [1.54, 1.807) is 6.92 Å². The van der Waals surface area contributed by atoms with E-state index >= 15 is 0 Å². The molecule has 0 spiro atoms. The molecule has 1 amide bonds. The van der Waals surface area contributed by atoms with Gasteiger partial charge in [-0.1, -0.05) is 6.92 Å². The van der Waals surface area contributed by atoms with E-state index in [0.29, 0.717) is 0 Å². The number of amides is 1. The molecule has 174 valence electrons. The van der Waals surface area contributed by atoms with Crippen molar-refractivity contribution in [1.82, 2.24) is 0 Å². The van der Waals surface area contributed by atoms with E-state index in [0.717, 1.165) is 22.7 Å². The SMILES string of the molecule is CCC(C(=O)Nc1cc(OC)c(OC)cc1C(=O)OC)N(c1ccc(F)cc1)S(C)(=O)=O. The van der Waals surface area contributed by atoms with Crippen LogP contribution in [0.1, 0.15) is 23.7 Å². The van der Waals surface area contributed by atoms with Crippen molar-refractivity contribution < 1.29 is 36.6 Å². The molecule has 0 saturated heterocycles. The van der Waals surface area contributed by atoms with Crippen molar-refractivity contribution in [3.05, 3.63) is 47.8 Å². The first-order chi connectivity index (χ1) is 15.1. The Morgan fingerprint density at radius 3 is 2.09 bits per heavy atom. The van der Waals surface area contributed by atoms with Gasteiger partial charge in [-0.2, -0.15) is 0 Å². The van der Waals surface area contributed by atoms with Crippen LogP contribution in [0.3, 0.4) is 0 Å². The van der Waals surface area contributed by atoms with Crippen LogP contribution in [-0.4, -0.2) is 53.9 Å². The van der Waals surface area contributed by atoms with Crippen LogP contribution >= 0.6 is 0 Å².